The molecule has 1 atom stereocenters. The van der Waals surface area contributed by atoms with Gasteiger partial charge in [-0.15, -0.1) is 0 Å². The molecule has 0 saturated carbocycles. The minimum absolute atomic E-state index is 0. The van der Waals surface area contributed by atoms with Gasteiger partial charge in [-0.25, -0.2) is 0 Å². The van der Waals surface area contributed by atoms with Crippen molar-refractivity contribution in [3.8, 4) is 5.75 Å². The molecule has 5 heteroatoms. The zero-order valence-electron chi connectivity index (χ0n) is 16.1. The van der Waals surface area contributed by atoms with Crippen molar-refractivity contribution in [1.82, 2.24) is 0 Å². The number of aryl methyl sites for hydroxylation is 3. The van der Waals surface area contributed by atoms with Gasteiger partial charge in [-0.2, -0.15) is 0 Å². The van der Waals surface area contributed by atoms with Crippen LogP contribution in [0, 0.1) is 20.8 Å². The van der Waals surface area contributed by atoms with Gasteiger partial charge < -0.3 is 10.9 Å². The van der Waals surface area contributed by atoms with E-state index in [1.54, 1.807) is 7.11 Å². The van der Waals surface area contributed by atoms with Gasteiger partial charge in [0, 0.05) is 12.7 Å². The van der Waals surface area contributed by atoms with Crippen LogP contribution in [0.1, 0.15) is 28.5 Å². The van der Waals surface area contributed by atoms with Gasteiger partial charge in [0.1, 0.15) is 12.4 Å². The first kappa shape index (κ1) is 20.9. The summed E-state index contributed by atoms with van der Waals surface area (Å²) < 4.78 is 10.6. The standard InChI is InChI=1S/C19H23O3P.Li.H/c1-13-6-5-7-14(2)18(13)19(20)23-17-9-8-16(12-15(17)3)22-11-10-21-4;;/h5-9,12,23H,10-11H2,1-4H3;;/q;+1;-1. The molecular formula is C19H24LiO3P. The van der Waals surface area contributed by atoms with Gasteiger partial charge in [-0.3, -0.25) is 4.79 Å². The molecule has 0 aromatic heterocycles. The molecule has 24 heavy (non-hydrogen) atoms. The van der Waals surface area contributed by atoms with Crippen LogP contribution in [-0.4, -0.2) is 25.8 Å². The van der Waals surface area contributed by atoms with Crippen molar-refractivity contribution in [2.75, 3.05) is 20.3 Å². The van der Waals surface area contributed by atoms with Crippen LogP contribution in [0.4, 0.5) is 0 Å². The Labute approximate surface area is 159 Å². The molecule has 2 rings (SSSR count). The summed E-state index contributed by atoms with van der Waals surface area (Å²) in [5.41, 5.74) is 4.21. The maximum Gasteiger partial charge on any atom is 1.00 e. The summed E-state index contributed by atoms with van der Waals surface area (Å²) in [6.45, 7) is 7.09. The number of hydrogen-bond acceptors (Lipinski definition) is 3. The molecule has 2 aromatic carbocycles. The Balaban J connectivity index is 0.00000288. The summed E-state index contributed by atoms with van der Waals surface area (Å²) >= 11 is 0. The molecule has 0 aliphatic rings. The molecule has 0 fully saturated rings. The second kappa shape index (κ2) is 10.0. The van der Waals surface area contributed by atoms with Crippen molar-refractivity contribution in [3.05, 3.63) is 58.7 Å². The van der Waals surface area contributed by atoms with Crippen LogP contribution in [-0.2, 0) is 4.74 Å². The minimum Gasteiger partial charge on any atom is -1.00 e. The second-order valence-corrected chi connectivity index (χ2v) is 6.78. The summed E-state index contributed by atoms with van der Waals surface area (Å²) in [5, 5.41) is 1.07. The third kappa shape index (κ3) is 5.47. The van der Waals surface area contributed by atoms with Crippen LogP contribution in [0.3, 0.4) is 0 Å². The van der Waals surface area contributed by atoms with E-state index in [9.17, 15) is 4.79 Å². The SMILES string of the molecule is COCCOc1ccc(PC(=O)c2c(C)cccc2C)c(C)c1.[H-].[Li+]. The van der Waals surface area contributed by atoms with E-state index in [1.807, 2.05) is 57.2 Å². The van der Waals surface area contributed by atoms with Gasteiger partial charge in [-0.1, -0.05) is 24.3 Å². The smallest absolute Gasteiger partial charge is 1.00 e. The maximum absolute atomic E-state index is 12.7. The third-order valence-electron chi connectivity index (χ3n) is 3.71. The van der Waals surface area contributed by atoms with Gasteiger partial charge in [-0.05, 0) is 63.5 Å². The summed E-state index contributed by atoms with van der Waals surface area (Å²) in [7, 11) is 1.78. The number of methoxy groups -OCH3 is 1. The van der Waals surface area contributed by atoms with E-state index < -0.39 is 0 Å². The van der Waals surface area contributed by atoms with Crippen molar-refractivity contribution in [1.29, 1.82) is 0 Å². The normalized spacial score (nSPS) is 10.7. The van der Waals surface area contributed by atoms with Crippen LogP contribution >= 0.6 is 8.58 Å². The minimum atomic E-state index is 0. The van der Waals surface area contributed by atoms with Gasteiger partial charge in [0.2, 0.25) is 0 Å². The van der Waals surface area contributed by atoms with E-state index in [1.165, 1.54) is 0 Å². The first-order valence-electron chi connectivity index (χ1n) is 7.63. The molecule has 0 aliphatic heterocycles. The third-order valence-corrected chi connectivity index (χ3v) is 5.02. The fraction of sp³-hybridized carbons (Fsp3) is 0.316. The number of carbonyl (C=O) groups is 1. The van der Waals surface area contributed by atoms with E-state index in [0.717, 1.165) is 33.3 Å². The Morgan fingerprint density at radius 2 is 1.71 bits per heavy atom. The molecule has 0 aliphatic carbocycles. The molecule has 0 radical (unpaired) electrons. The average molecular weight is 338 g/mol. The first-order valence-corrected chi connectivity index (χ1v) is 8.63. The topological polar surface area (TPSA) is 35.5 Å². The molecule has 2 aromatic rings. The Morgan fingerprint density at radius 3 is 2.29 bits per heavy atom. The Kier molecular flexibility index (Phi) is 8.74. The summed E-state index contributed by atoms with van der Waals surface area (Å²) in [4.78, 5) is 12.7. The fourth-order valence-corrected chi connectivity index (χ4v) is 3.67. The maximum atomic E-state index is 12.7. The molecule has 124 valence electrons. The molecule has 0 bridgehead atoms. The molecule has 3 nitrogen and oxygen atoms in total. The first-order chi connectivity index (χ1) is 11.0. The van der Waals surface area contributed by atoms with Crippen molar-refractivity contribution < 1.29 is 34.6 Å². The van der Waals surface area contributed by atoms with Gasteiger partial charge >= 0.3 is 18.9 Å². The molecule has 0 spiro atoms. The van der Waals surface area contributed by atoms with E-state index in [2.05, 4.69) is 0 Å². The molecule has 0 amide bonds. The fourth-order valence-electron chi connectivity index (χ4n) is 2.47. The van der Waals surface area contributed by atoms with E-state index in [0.29, 0.717) is 13.2 Å². The summed E-state index contributed by atoms with van der Waals surface area (Å²) in [5.74, 6) is 0.813. The van der Waals surface area contributed by atoms with Crippen LogP contribution in [0.15, 0.2) is 36.4 Å². The summed E-state index contributed by atoms with van der Waals surface area (Å²) in [6, 6.07) is 11.9. The molecule has 1 unspecified atom stereocenters. The monoisotopic (exact) mass is 338 g/mol. The van der Waals surface area contributed by atoms with Crippen molar-refractivity contribution in [2.24, 2.45) is 0 Å². The van der Waals surface area contributed by atoms with E-state index in [4.69, 9.17) is 9.47 Å². The van der Waals surface area contributed by atoms with Gasteiger partial charge in [0.05, 0.1) is 6.61 Å². The van der Waals surface area contributed by atoms with Crippen LogP contribution in [0.2, 0.25) is 0 Å². The number of hydrogen-bond donors (Lipinski definition) is 0. The quantitative estimate of drug-likeness (QED) is 0.427. The Morgan fingerprint density at radius 1 is 1.04 bits per heavy atom. The van der Waals surface area contributed by atoms with Crippen molar-refractivity contribution in [3.63, 3.8) is 0 Å². The van der Waals surface area contributed by atoms with Crippen LogP contribution in [0.25, 0.3) is 0 Å². The Bertz CT molecular complexity index is 687. The van der Waals surface area contributed by atoms with Crippen LogP contribution in [0.5, 0.6) is 5.75 Å². The number of rotatable bonds is 7. The molecule has 0 N–H and O–H groups in total. The number of benzene rings is 2. The zero-order chi connectivity index (χ0) is 16.8. The number of ether oxygens (including phenoxy) is 2. The Hall–Kier alpha value is -1.10. The molecule has 0 saturated heterocycles. The largest absolute Gasteiger partial charge is 1.00 e. The van der Waals surface area contributed by atoms with Crippen LogP contribution < -0.4 is 28.9 Å². The van der Waals surface area contributed by atoms with E-state index in [-0.39, 0.29) is 34.4 Å². The molecule has 0 heterocycles. The van der Waals surface area contributed by atoms with Gasteiger partial charge in [0.25, 0.3) is 0 Å². The van der Waals surface area contributed by atoms with Crippen molar-refractivity contribution >= 4 is 19.4 Å². The number of carbonyl (C=O) groups excluding carboxylic acids is 1. The average Bonchev–Trinajstić information content (AvgIpc) is 2.50. The van der Waals surface area contributed by atoms with Gasteiger partial charge in [0.15, 0.2) is 5.52 Å². The predicted molar refractivity (Wildman–Crippen MR) is 97.9 cm³/mol. The zero-order valence-corrected chi connectivity index (χ0v) is 16.1. The predicted octanol–water partition coefficient (Wildman–Crippen LogP) is 0.898. The second-order valence-electron chi connectivity index (χ2n) is 5.54. The molecular weight excluding hydrogens is 314 g/mol. The van der Waals surface area contributed by atoms with E-state index >= 15 is 0 Å². The summed E-state index contributed by atoms with van der Waals surface area (Å²) in [6.07, 6.45) is 0. The van der Waals surface area contributed by atoms with Crippen molar-refractivity contribution in [2.45, 2.75) is 20.8 Å².